The Labute approximate surface area is 325 Å². The zero-order valence-corrected chi connectivity index (χ0v) is 33.3. The average Bonchev–Trinajstić information content (AvgIpc) is 3.02. The summed E-state index contributed by atoms with van der Waals surface area (Å²) < 4.78 is 40.2. The van der Waals surface area contributed by atoms with Gasteiger partial charge in [0.1, 0.15) is 59.5 Å². The van der Waals surface area contributed by atoms with E-state index in [1.54, 1.807) is 62.3 Å². The molecule has 0 aromatic carbocycles. The van der Waals surface area contributed by atoms with Gasteiger partial charge in [0.2, 0.25) is 0 Å². The highest BCUT2D eigenvalue weighted by Crippen LogP contribution is 2.33. The number of aliphatic hydroxyl groups excluding tert-OH is 5. The molecule has 3 rings (SSSR count). The highest BCUT2D eigenvalue weighted by molar-refractivity contribution is 5.72. The Morgan fingerprint density at radius 3 is 1.61 bits per heavy atom. The van der Waals surface area contributed by atoms with Gasteiger partial charge in [-0.3, -0.25) is 0 Å². The van der Waals surface area contributed by atoms with Gasteiger partial charge in [-0.1, -0.05) is 0 Å². The number of aliphatic hydroxyl groups is 5. The molecular weight excluding hydrogens is 748 g/mol. The molecule has 0 unspecified atom stereocenters. The first kappa shape index (κ1) is 47.1. The lowest BCUT2D eigenvalue weighted by Gasteiger charge is -2.49. The van der Waals surface area contributed by atoms with Crippen LogP contribution in [0.15, 0.2) is 0 Å². The van der Waals surface area contributed by atoms with Crippen LogP contribution in [0.4, 0.5) is 19.2 Å². The van der Waals surface area contributed by atoms with Crippen molar-refractivity contribution in [3.05, 3.63) is 0 Å². The van der Waals surface area contributed by atoms with E-state index in [2.05, 4.69) is 21.3 Å². The van der Waals surface area contributed by atoms with Crippen LogP contribution < -0.4 is 32.7 Å². The van der Waals surface area contributed by atoms with E-state index >= 15 is 0 Å². The number of nitrogens with one attached hydrogen (secondary N) is 4. The molecule has 3 fully saturated rings. The summed E-state index contributed by atoms with van der Waals surface area (Å²) >= 11 is 0. The zero-order chi connectivity index (χ0) is 42.5. The average molecular weight is 811 g/mol. The van der Waals surface area contributed by atoms with Crippen molar-refractivity contribution in [1.82, 2.24) is 21.3 Å². The number of primary amides is 1. The third-order valence-corrected chi connectivity index (χ3v) is 8.63. The molecule has 0 aromatic heterocycles. The second-order valence-electron chi connectivity index (χ2n) is 17.1. The molecule has 22 heteroatoms. The number of carbonyl (C=O) groups excluding carboxylic acids is 4. The lowest BCUT2D eigenvalue weighted by Crippen LogP contribution is -2.70. The van der Waals surface area contributed by atoms with Gasteiger partial charge in [-0.05, 0) is 68.7 Å². The number of urea groups is 1. The molecule has 3 aliphatic rings. The number of rotatable bonds is 10. The Bertz CT molecular complexity index is 1340. The molecule has 14 atom stereocenters. The molecule has 0 spiro atoms. The molecule has 1 saturated carbocycles. The van der Waals surface area contributed by atoms with Gasteiger partial charge in [0, 0.05) is 13.0 Å². The molecule has 56 heavy (non-hydrogen) atoms. The van der Waals surface area contributed by atoms with Gasteiger partial charge < -0.3 is 91.4 Å². The molecule has 0 radical (unpaired) electrons. The Kier molecular flexibility index (Phi) is 15.9. The summed E-state index contributed by atoms with van der Waals surface area (Å²) in [5, 5.41) is 64.3. The number of nitrogens with two attached hydrogens (primary N) is 2. The zero-order valence-electron chi connectivity index (χ0n) is 33.3. The van der Waals surface area contributed by atoms with E-state index in [4.69, 9.17) is 44.6 Å². The smallest absolute Gasteiger partial charge is 0.408 e. The van der Waals surface area contributed by atoms with Gasteiger partial charge in [0.25, 0.3) is 0 Å². The third-order valence-electron chi connectivity index (χ3n) is 8.63. The quantitative estimate of drug-likeness (QED) is 0.107. The summed E-state index contributed by atoms with van der Waals surface area (Å²) in [5.41, 5.74) is 8.73. The van der Waals surface area contributed by atoms with Crippen molar-refractivity contribution in [2.24, 2.45) is 11.5 Å². The lowest BCUT2D eigenvalue weighted by molar-refractivity contribution is -0.316. The largest absolute Gasteiger partial charge is 0.444 e. The standard InChI is InChI=1S/C34H62N6O16/c1-32(2,3)54-29(47)37-12-18-17(42)11-16(40-31(49)56-34(7,8)9)26(50-18)52-25-15(39-30(48)55-33(4,5)6)10-14(38-28(36)46)24(23(25)45)53-27-22(44)20(35)21(43)19(13-41)51-27/h14-27,41-45H,10-13,35H2,1-9H3,(H,37,47)(H,39,48)(H,40,49)(H3,36,38,46)/t14-,15+,16-,17+,18-,19-,20+,21-,22-,23-,24+,25-,26-,27-/m1/s1. The molecule has 22 nitrogen and oxygen atoms in total. The first-order valence-corrected chi connectivity index (χ1v) is 18.4. The minimum Gasteiger partial charge on any atom is -0.444 e. The second-order valence-corrected chi connectivity index (χ2v) is 17.1. The number of alkyl carbamates (subject to hydrolysis) is 3. The van der Waals surface area contributed by atoms with Gasteiger partial charge in [-0.2, -0.15) is 0 Å². The SMILES string of the molecule is CC(C)(C)OC(=O)NC[C@H]1O[C@H](O[C@H]2[C@H](O)[C@@H](O[C@H]3O[C@H](CO)[C@@H](O)[C@H](N)[C@H]3O)[C@H](NC(N)=O)C[C@@H]2NC(=O)OC(C)(C)C)[C@H](NC(=O)OC(C)(C)C)C[C@@H]1O. The molecular formula is C34H62N6O16. The summed E-state index contributed by atoms with van der Waals surface area (Å²) in [6.45, 7) is 13.8. The summed E-state index contributed by atoms with van der Waals surface area (Å²) in [7, 11) is 0. The Morgan fingerprint density at radius 1 is 0.643 bits per heavy atom. The molecule has 1 aliphatic carbocycles. The Balaban J connectivity index is 2.03. The van der Waals surface area contributed by atoms with Crippen molar-refractivity contribution in [3.63, 3.8) is 0 Å². The summed E-state index contributed by atoms with van der Waals surface area (Å²) in [5.74, 6) is 0. The highest BCUT2D eigenvalue weighted by Gasteiger charge is 2.53. The fourth-order valence-electron chi connectivity index (χ4n) is 6.29. The van der Waals surface area contributed by atoms with Crippen LogP contribution >= 0.6 is 0 Å². The lowest BCUT2D eigenvalue weighted by atomic mass is 9.83. The molecule has 5 amide bonds. The molecule has 0 bridgehead atoms. The fourth-order valence-corrected chi connectivity index (χ4v) is 6.29. The van der Waals surface area contributed by atoms with E-state index < -0.39 is 133 Å². The number of carbonyl (C=O) groups is 4. The molecule has 0 aromatic rings. The van der Waals surface area contributed by atoms with Crippen LogP contribution in [-0.2, 0) is 33.2 Å². The fraction of sp³-hybridized carbons (Fsp3) is 0.882. The van der Waals surface area contributed by atoms with E-state index in [9.17, 15) is 44.7 Å². The summed E-state index contributed by atoms with van der Waals surface area (Å²) in [6.07, 6.45) is -18.2. The second kappa shape index (κ2) is 19.0. The van der Waals surface area contributed by atoms with Gasteiger partial charge in [-0.15, -0.1) is 0 Å². The van der Waals surface area contributed by atoms with E-state index in [1.807, 2.05) is 0 Å². The van der Waals surface area contributed by atoms with E-state index in [0.717, 1.165) is 0 Å². The Morgan fingerprint density at radius 2 is 1.11 bits per heavy atom. The monoisotopic (exact) mass is 810 g/mol. The maximum atomic E-state index is 13.1. The van der Waals surface area contributed by atoms with Crippen LogP contribution in [0, 0.1) is 0 Å². The number of amides is 5. The van der Waals surface area contributed by atoms with Crippen LogP contribution in [0.1, 0.15) is 75.2 Å². The van der Waals surface area contributed by atoms with E-state index in [0.29, 0.717) is 0 Å². The number of ether oxygens (including phenoxy) is 7. The molecule has 2 heterocycles. The van der Waals surface area contributed by atoms with Gasteiger partial charge in [0.05, 0.1) is 36.9 Å². The topological polar surface area (TPSA) is 334 Å². The summed E-state index contributed by atoms with van der Waals surface area (Å²) in [6, 6.07) is -6.02. The maximum absolute atomic E-state index is 13.1. The molecule has 2 saturated heterocycles. The number of hydrogen-bond donors (Lipinski definition) is 11. The van der Waals surface area contributed by atoms with Crippen LogP contribution in [0.3, 0.4) is 0 Å². The minimum atomic E-state index is -1.86. The van der Waals surface area contributed by atoms with Crippen molar-refractivity contribution < 1.29 is 77.9 Å². The van der Waals surface area contributed by atoms with Gasteiger partial charge in [0.15, 0.2) is 12.6 Å². The molecule has 2 aliphatic heterocycles. The predicted molar refractivity (Wildman–Crippen MR) is 192 cm³/mol. The first-order valence-electron chi connectivity index (χ1n) is 18.4. The summed E-state index contributed by atoms with van der Waals surface area (Å²) in [4.78, 5) is 50.8. The van der Waals surface area contributed by atoms with Crippen molar-refractivity contribution >= 4 is 24.3 Å². The third kappa shape index (κ3) is 14.0. The van der Waals surface area contributed by atoms with Crippen LogP contribution in [0.25, 0.3) is 0 Å². The molecule has 13 N–H and O–H groups in total. The van der Waals surface area contributed by atoms with Crippen molar-refractivity contribution in [1.29, 1.82) is 0 Å². The first-order chi connectivity index (χ1) is 25.7. The van der Waals surface area contributed by atoms with Crippen molar-refractivity contribution in [3.8, 4) is 0 Å². The van der Waals surface area contributed by atoms with Crippen LogP contribution in [0.5, 0.6) is 0 Å². The van der Waals surface area contributed by atoms with Crippen LogP contribution in [0.2, 0.25) is 0 Å². The van der Waals surface area contributed by atoms with Crippen LogP contribution in [-0.4, -0.2) is 165 Å². The van der Waals surface area contributed by atoms with E-state index in [1.165, 1.54) is 0 Å². The maximum Gasteiger partial charge on any atom is 0.408 e. The van der Waals surface area contributed by atoms with Gasteiger partial charge >= 0.3 is 24.3 Å². The van der Waals surface area contributed by atoms with Crippen molar-refractivity contribution in [2.45, 2.75) is 178 Å². The highest BCUT2D eigenvalue weighted by atomic mass is 16.7. The molecule has 324 valence electrons. The van der Waals surface area contributed by atoms with Gasteiger partial charge in [-0.25, -0.2) is 19.2 Å². The number of hydrogen-bond acceptors (Lipinski definition) is 17. The normalized spacial score (nSPS) is 35.4. The minimum absolute atomic E-state index is 0.214. The Hall–Kier alpha value is -3.32. The van der Waals surface area contributed by atoms with E-state index in [-0.39, 0.29) is 19.4 Å². The predicted octanol–water partition coefficient (Wildman–Crippen LogP) is -1.89. The van der Waals surface area contributed by atoms with Crippen molar-refractivity contribution in [2.75, 3.05) is 13.2 Å².